The molecule has 2 bridgehead atoms. The molecule has 4 aromatic rings. The van der Waals surface area contributed by atoms with Crippen LogP contribution in [0.15, 0.2) is 36.5 Å². The minimum absolute atomic E-state index is 0.174. The molecule has 0 unspecified atom stereocenters. The summed E-state index contributed by atoms with van der Waals surface area (Å²) in [6.45, 7) is 4.82. The number of pyridine rings is 1. The number of hydrogen-bond donors (Lipinski definition) is 1. The number of fused-ring (bicyclic) bond motifs is 7. The van der Waals surface area contributed by atoms with E-state index in [4.69, 9.17) is 9.97 Å². The highest BCUT2D eigenvalue weighted by molar-refractivity contribution is 6.05. The summed E-state index contributed by atoms with van der Waals surface area (Å²) < 4.78 is 4.14. The van der Waals surface area contributed by atoms with Gasteiger partial charge in [0.25, 0.3) is 5.91 Å². The summed E-state index contributed by atoms with van der Waals surface area (Å²) in [6.07, 6.45) is 8.34. The first-order valence-corrected chi connectivity index (χ1v) is 14.1. The van der Waals surface area contributed by atoms with E-state index in [1.807, 2.05) is 37.0 Å². The van der Waals surface area contributed by atoms with Gasteiger partial charge in [0, 0.05) is 60.9 Å². The molecule has 6 rings (SSSR count). The fourth-order valence-corrected chi connectivity index (χ4v) is 6.03. The van der Waals surface area contributed by atoms with Gasteiger partial charge in [-0.2, -0.15) is 5.10 Å². The number of nitrogens with one attached hydrogen (secondary N) is 1. The number of hydrogen-bond acceptors (Lipinski definition) is 6. The number of aromatic nitrogens is 5. The van der Waals surface area contributed by atoms with E-state index in [1.165, 1.54) is 17.8 Å². The Morgan fingerprint density at radius 2 is 1.87 bits per heavy atom. The van der Waals surface area contributed by atoms with E-state index in [0.717, 1.165) is 79.7 Å². The molecule has 204 valence electrons. The largest absolute Gasteiger partial charge is 0.370 e. The molecule has 2 aliphatic heterocycles. The van der Waals surface area contributed by atoms with Crippen LogP contribution in [0.2, 0.25) is 0 Å². The molecule has 5 heterocycles. The molecule has 2 aliphatic rings. The molecule has 1 atom stereocenters. The highest BCUT2D eigenvalue weighted by atomic mass is 16.1. The molecule has 9 heteroatoms. The molecular formula is C30H38N8O. The third-order valence-electron chi connectivity index (χ3n) is 8.31. The first-order chi connectivity index (χ1) is 18.9. The van der Waals surface area contributed by atoms with Crippen LogP contribution in [-0.4, -0.2) is 68.3 Å². The maximum Gasteiger partial charge on any atom is 0.258 e. The van der Waals surface area contributed by atoms with Gasteiger partial charge in [0.1, 0.15) is 0 Å². The van der Waals surface area contributed by atoms with E-state index < -0.39 is 0 Å². The van der Waals surface area contributed by atoms with E-state index in [2.05, 4.69) is 57.1 Å². The van der Waals surface area contributed by atoms with Gasteiger partial charge in [0.05, 0.1) is 22.9 Å². The lowest BCUT2D eigenvalue weighted by Gasteiger charge is -2.22. The molecule has 0 radical (unpaired) electrons. The smallest absolute Gasteiger partial charge is 0.258 e. The van der Waals surface area contributed by atoms with Crippen LogP contribution in [0.3, 0.4) is 0 Å². The maximum absolute atomic E-state index is 13.6. The average molecular weight is 527 g/mol. The second-order valence-corrected chi connectivity index (χ2v) is 11.2. The Balaban J connectivity index is 1.37. The molecule has 1 saturated heterocycles. The van der Waals surface area contributed by atoms with Crippen LogP contribution < -0.4 is 10.2 Å². The first-order valence-electron chi connectivity index (χ1n) is 14.1. The van der Waals surface area contributed by atoms with Gasteiger partial charge < -0.3 is 14.4 Å². The number of amides is 1. The number of aryl methyl sites for hydroxylation is 3. The Morgan fingerprint density at radius 3 is 2.69 bits per heavy atom. The molecule has 0 spiro atoms. The topological polar surface area (TPSA) is 84.1 Å². The average Bonchev–Trinajstić information content (AvgIpc) is 3.63. The molecule has 0 aliphatic carbocycles. The molecule has 1 fully saturated rings. The number of rotatable bonds is 2. The van der Waals surface area contributed by atoms with Crippen LogP contribution >= 0.6 is 0 Å². The molecule has 1 aromatic carbocycles. The van der Waals surface area contributed by atoms with Crippen molar-refractivity contribution in [1.29, 1.82) is 0 Å². The maximum atomic E-state index is 13.6. The Labute approximate surface area is 229 Å². The summed E-state index contributed by atoms with van der Waals surface area (Å²) in [5, 5.41) is 7.64. The van der Waals surface area contributed by atoms with E-state index in [9.17, 15) is 4.79 Å². The van der Waals surface area contributed by atoms with Crippen molar-refractivity contribution in [3.8, 4) is 11.3 Å². The Hall–Kier alpha value is -3.72. The highest BCUT2D eigenvalue weighted by Gasteiger charge is 2.25. The normalized spacial score (nSPS) is 18.5. The Morgan fingerprint density at radius 1 is 1.03 bits per heavy atom. The number of carbonyl (C=O) groups excluding carboxylic acids is 1. The van der Waals surface area contributed by atoms with Crippen molar-refractivity contribution in [1.82, 2.24) is 29.2 Å². The number of imidazole rings is 1. The Bertz CT molecular complexity index is 1520. The van der Waals surface area contributed by atoms with Crippen LogP contribution in [0.4, 0.5) is 11.6 Å². The molecule has 0 saturated carbocycles. The van der Waals surface area contributed by atoms with Gasteiger partial charge in [0.15, 0.2) is 0 Å². The van der Waals surface area contributed by atoms with Crippen molar-refractivity contribution >= 4 is 28.6 Å². The number of nitrogens with zero attached hydrogens (tertiary/aromatic N) is 7. The van der Waals surface area contributed by atoms with Crippen molar-refractivity contribution < 1.29 is 4.79 Å². The summed E-state index contributed by atoms with van der Waals surface area (Å²) in [6, 6.07) is 10.8. The SMILES string of the molecule is Cc1cc2cc(n1)-c1cnn(C)c1CCCCCCn1c(nc3ccc(N4CC[C@@H](N(C)C)C4)cc31)NC2=O. The number of anilines is 2. The van der Waals surface area contributed by atoms with E-state index in [-0.39, 0.29) is 5.91 Å². The monoisotopic (exact) mass is 526 g/mol. The second kappa shape index (κ2) is 10.4. The van der Waals surface area contributed by atoms with Gasteiger partial charge in [-0.15, -0.1) is 0 Å². The molecule has 39 heavy (non-hydrogen) atoms. The summed E-state index contributed by atoms with van der Waals surface area (Å²) in [5.74, 6) is 0.430. The zero-order chi connectivity index (χ0) is 27.1. The van der Waals surface area contributed by atoms with Crippen LogP contribution in [0, 0.1) is 6.92 Å². The molecular weight excluding hydrogens is 488 g/mol. The fraction of sp³-hybridized carbons (Fsp3) is 0.467. The zero-order valence-electron chi connectivity index (χ0n) is 23.4. The minimum Gasteiger partial charge on any atom is -0.370 e. The van der Waals surface area contributed by atoms with Gasteiger partial charge in [-0.25, -0.2) is 4.98 Å². The van der Waals surface area contributed by atoms with Crippen molar-refractivity contribution in [3.63, 3.8) is 0 Å². The quantitative estimate of drug-likeness (QED) is 0.409. The van der Waals surface area contributed by atoms with Crippen LogP contribution in [0.1, 0.15) is 53.8 Å². The molecule has 1 N–H and O–H groups in total. The van der Waals surface area contributed by atoms with Crippen molar-refractivity contribution in [2.45, 2.75) is 58.0 Å². The molecule has 9 nitrogen and oxygen atoms in total. The lowest BCUT2D eigenvalue weighted by atomic mass is 10.0. The van der Waals surface area contributed by atoms with Crippen molar-refractivity contribution in [2.75, 3.05) is 37.4 Å². The summed E-state index contributed by atoms with van der Waals surface area (Å²) in [5.41, 5.74) is 7.54. The van der Waals surface area contributed by atoms with Gasteiger partial charge in [0.2, 0.25) is 5.95 Å². The number of likely N-dealkylation sites (N-methyl/N-ethyl adjacent to an activating group) is 1. The Kier molecular flexibility index (Phi) is 6.85. The van der Waals surface area contributed by atoms with Crippen LogP contribution in [-0.2, 0) is 20.0 Å². The first kappa shape index (κ1) is 25.6. The molecule has 1 amide bonds. The third-order valence-corrected chi connectivity index (χ3v) is 8.31. The van der Waals surface area contributed by atoms with E-state index in [0.29, 0.717) is 17.6 Å². The lowest BCUT2D eigenvalue weighted by Crippen LogP contribution is -2.31. The van der Waals surface area contributed by atoms with Crippen LogP contribution in [0.25, 0.3) is 22.3 Å². The number of carbonyl (C=O) groups is 1. The zero-order valence-corrected chi connectivity index (χ0v) is 23.4. The lowest BCUT2D eigenvalue weighted by molar-refractivity contribution is 0.102. The van der Waals surface area contributed by atoms with Crippen LogP contribution in [0.5, 0.6) is 0 Å². The minimum atomic E-state index is -0.174. The van der Waals surface area contributed by atoms with E-state index >= 15 is 0 Å². The predicted molar refractivity (Wildman–Crippen MR) is 155 cm³/mol. The fourth-order valence-electron chi connectivity index (χ4n) is 6.03. The van der Waals surface area contributed by atoms with Gasteiger partial charge in [-0.3, -0.25) is 19.8 Å². The number of benzene rings is 1. The molecule has 3 aromatic heterocycles. The summed E-state index contributed by atoms with van der Waals surface area (Å²) in [7, 11) is 6.30. The van der Waals surface area contributed by atoms with Gasteiger partial charge in [-0.05, 0) is 77.0 Å². The van der Waals surface area contributed by atoms with Gasteiger partial charge >= 0.3 is 0 Å². The summed E-state index contributed by atoms with van der Waals surface area (Å²) >= 11 is 0. The second-order valence-electron chi connectivity index (χ2n) is 11.2. The standard InChI is InChI=1S/C30H38N8O/c1-20-15-21-16-26(32-20)24-18-31-36(4)27(24)9-7-5-6-8-13-38-28-17-22(37-14-12-23(19-37)35(2)3)10-11-25(28)33-30(38)34-29(21)39/h10-11,15-18,23H,5-9,12-14,19H2,1-4H3,(H,33,34,39)/t23-/m1/s1. The predicted octanol–water partition coefficient (Wildman–Crippen LogP) is 4.65. The summed E-state index contributed by atoms with van der Waals surface area (Å²) in [4.78, 5) is 28.0. The van der Waals surface area contributed by atoms with E-state index in [1.54, 1.807) is 0 Å². The highest BCUT2D eigenvalue weighted by Crippen LogP contribution is 2.30. The third kappa shape index (κ3) is 5.03. The van der Waals surface area contributed by atoms with Crippen molar-refractivity contribution in [3.05, 3.63) is 53.5 Å². The van der Waals surface area contributed by atoms with Gasteiger partial charge in [-0.1, -0.05) is 12.8 Å². The van der Waals surface area contributed by atoms with Crippen molar-refractivity contribution in [2.24, 2.45) is 7.05 Å².